The molecule has 0 atom stereocenters. The molecule has 1 fully saturated rings. The van der Waals surface area contributed by atoms with Gasteiger partial charge in [-0.1, -0.05) is 25.1 Å². The minimum absolute atomic E-state index is 0.525. The molecule has 4 nitrogen and oxygen atoms in total. The lowest BCUT2D eigenvalue weighted by Gasteiger charge is -2.32. The van der Waals surface area contributed by atoms with E-state index in [9.17, 15) is 0 Å². The molecular formula is C24H30N4. The van der Waals surface area contributed by atoms with Gasteiger partial charge < -0.3 is 15.5 Å². The molecule has 1 aromatic heterocycles. The van der Waals surface area contributed by atoms with Gasteiger partial charge in [0.25, 0.3) is 0 Å². The van der Waals surface area contributed by atoms with Gasteiger partial charge in [-0.15, -0.1) is 0 Å². The van der Waals surface area contributed by atoms with Gasteiger partial charge in [-0.3, -0.25) is 4.98 Å². The zero-order valence-corrected chi connectivity index (χ0v) is 16.9. The van der Waals surface area contributed by atoms with Gasteiger partial charge in [0.05, 0.1) is 0 Å². The summed E-state index contributed by atoms with van der Waals surface area (Å²) < 4.78 is 0. The van der Waals surface area contributed by atoms with Gasteiger partial charge in [-0.25, -0.2) is 0 Å². The average molecular weight is 375 g/mol. The van der Waals surface area contributed by atoms with Crippen LogP contribution in [0.5, 0.6) is 0 Å². The first-order valence-electron chi connectivity index (χ1n) is 10.4. The lowest BCUT2D eigenvalue weighted by molar-refractivity contribution is 0.229. The third-order valence-corrected chi connectivity index (χ3v) is 5.79. The Morgan fingerprint density at radius 1 is 1.07 bits per heavy atom. The maximum Gasteiger partial charge on any atom is 0.0443 e. The second-order valence-electron chi connectivity index (χ2n) is 7.70. The first-order valence-corrected chi connectivity index (χ1v) is 10.4. The number of benzene rings is 2. The Morgan fingerprint density at radius 3 is 2.71 bits per heavy atom. The van der Waals surface area contributed by atoms with Crippen LogP contribution < -0.4 is 10.6 Å². The third-order valence-electron chi connectivity index (χ3n) is 5.79. The molecule has 1 saturated heterocycles. The molecule has 2 aromatic carbocycles. The fourth-order valence-electron chi connectivity index (χ4n) is 4.16. The van der Waals surface area contributed by atoms with E-state index in [1.807, 2.05) is 19.4 Å². The molecule has 4 rings (SSSR count). The van der Waals surface area contributed by atoms with E-state index >= 15 is 0 Å². The first-order chi connectivity index (χ1) is 13.8. The highest BCUT2D eigenvalue weighted by Gasteiger charge is 2.19. The van der Waals surface area contributed by atoms with E-state index in [-0.39, 0.29) is 0 Å². The van der Waals surface area contributed by atoms with E-state index in [0.29, 0.717) is 6.04 Å². The molecule has 0 radical (unpaired) electrons. The van der Waals surface area contributed by atoms with E-state index in [2.05, 4.69) is 69.9 Å². The monoisotopic (exact) mass is 374 g/mol. The van der Waals surface area contributed by atoms with E-state index in [1.54, 1.807) is 0 Å². The molecule has 1 aliphatic heterocycles. The van der Waals surface area contributed by atoms with Gasteiger partial charge in [0.15, 0.2) is 0 Å². The highest BCUT2D eigenvalue weighted by Crippen LogP contribution is 2.32. The largest absolute Gasteiger partial charge is 0.382 e. The van der Waals surface area contributed by atoms with Crippen LogP contribution in [0.25, 0.3) is 21.9 Å². The molecule has 2 heterocycles. The summed E-state index contributed by atoms with van der Waals surface area (Å²) in [5.74, 6) is 0. The Morgan fingerprint density at radius 2 is 1.93 bits per heavy atom. The number of fused-ring (bicyclic) bond motifs is 1. The zero-order chi connectivity index (χ0) is 19.3. The van der Waals surface area contributed by atoms with Crippen LogP contribution in [0.2, 0.25) is 0 Å². The summed E-state index contributed by atoms with van der Waals surface area (Å²) in [5, 5.41) is 9.52. The number of hydrogen-bond acceptors (Lipinski definition) is 4. The van der Waals surface area contributed by atoms with Crippen molar-refractivity contribution in [2.45, 2.75) is 32.4 Å². The summed E-state index contributed by atoms with van der Waals surface area (Å²) in [6, 6.07) is 16.0. The minimum Gasteiger partial charge on any atom is -0.382 e. The predicted octanol–water partition coefficient (Wildman–Crippen LogP) is 4.52. The van der Waals surface area contributed by atoms with E-state index in [4.69, 9.17) is 0 Å². The average Bonchev–Trinajstić information content (AvgIpc) is 2.75. The van der Waals surface area contributed by atoms with Crippen LogP contribution >= 0.6 is 0 Å². The highest BCUT2D eigenvalue weighted by molar-refractivity contribution is 5.97. The smallest absolute Gasteiger partial charge is 0.0443 e. The topological polar surface area (TPSA) is 40.2 Å². The molecule has 0 amide bonds. The van der Waals surface area contributed by atoms with Crippen LogP contribution in [0, 0.1) is 0 Å². The SMILES string of the molecule is CCN1CCC(Nc2cc(-c3cccc(CNC)c3)cc3ccncc23)CC1. The molecule has 146 valence electrons. The van der Waals surface area contributed by atoms with Crippen LogP contribution in [0.3, 0.4) is 0 Å². The number of likely N-dealkylation sites (tertiary alicyclic amines) is 1. The van der Waals surface area contributed by atoms with E-state index in [0.717, 1.165) is 13.1 Å². The van der Waals surface area contributed by atoms with Gasteiger partial charge in [-0.2, -0.15) is 0 Å². The maximum absolute atomic E-state index is 4.38. The van der Waals surface area contributed by atoms with Crippen molar-refractivity contribution in [2.75, 3.05) is 32.0 Å². The number of piperidine rings is 1. The summed E-state index contributed by atoms with van der Waals surface area (Å²) in [7, 11) is 1.99. The van der Waals surface area contributed by atoms with Gasteiger partial charge in [0.2, 0.25) is 0 Å². The molecule has 0 aliphatic carbocycles. The molecule has 0 bridgehead atoms. The predicted molar refractivity (Wildman–Crippen MR) is 119 cm³/mol. The lowest BCUT2D eigenvalue weighted by atomic mass is 9.98. The number of hydrogen-bond donors (Lipinski definition) is 2. The summed E-state index contributed by atoms with van der Waals surface area (Å²) in [6.07, 6.45) is 6.25. The molecule has 0 spiro atoms. The number of pyridine rings is 1. The summed E-state index contributed by atoms with van der Waals surface area (Å²) in [5.41, 5.74) is 5.02. The van der Waals surface area contributed by atoms with Crippen molar-refractivity contribution in [2.24, 2.45) is 0 Å². The van der Waals surface area contributed by atoms with Crippen molar-refractivity contribution in [1.29, 1.82) is 0 Å². The standard InChI is InChI=1S/C24H30N4/c1-3-28-11-8-22(9-12-28)27-24-15-21(14-20-7-10-26-17-23(20)24)19-6-4-5-18(13-19)16-25-2/h4-7,10,13-15,17,22,25,27H,3,8-9,11-12,16H2,1-2H3. The maximum atomic E-state index is 4.38. The van der Waals surface area contributed by atoms with Crippen molar-refractivity contribution in [3.05, 3.63) is 60.4 Å². The van der Waals surface area contributed by atoms with Crippen LogP contribution in [0.15, 0.2) is 54.9 Å². The zero-order valence-electron chi connectivity index (χ0n) is 16.9. The molecule has 1 aliphatic rings. The highest BCUT2D eigenvalue weighted by atomic mass is 15.1. The van der Waals surface area contributed by atoms with Crippen LogP contribution in [-0.4, -0.2) is 42.6 Å². The third kappa shape index (κ3) is 4.18. The number of rotatable bonds is 6. The Hall–Kier alpha value is -2.43. The Labute approximate surface area is 168 Å². The van der Waals surface area contributed by atoms with Crippen molar-refractivity contribution in [1.82, 2.24) is 15.2 Å². The van der Waals surface area contributed by atoms with Gasteiger partial charge >= 0.3 is 0 Å². The fourth-order valence-corrected chi connectivity index (χ4v) is 4.16. The first kappa shape index (κ1) is 18.9. The second kappa shape index (κ2) is 8.72. The minimum atomic E-state index is 0.525. The normalized spacial score (nSPS) is 15.8. The number of anilines is 1. The second-order valence-corrected chi connectivity index (χ2v) is 7.70. The van der Waals surface area contributed by atoms with Gasteiger partial charge in [0, 0.05) is 49.1 Å². The van der Waals surface area contributed by atoms with E-state index < -0.39 is 0 Å². The van der Waals surface area contributed by atoms with Crippen LogP contribution in [-0.2, 0) is 6.54 Å². The molecule has 28 heavy (non-hydrogen) atoms. The van der Waals surface area contributed by atoms with Gasteiger partial charge in [0.1, 0.15) is 0 Å². The van der Waals surface area contributed by atoms with Crippen molar-refractivity contribution < 1.29 is 0 Å². The summed E-state index contributed by atoms with van der Waals surface area (Å²) in [6.45, 7) is 6.63. The number of nitrogens with one attached hydrogen (secondary N) is 2. The summed E-state index contributed by atoms with van der Waals surface area (Å²) in [4.78, 5) is 6.91. The van der Waals surface area contributed by atoms with Crippen molar-refractivity contribution in [3.63, 3.8) is 0 Å². The molecule has 3 aromatic rings. The Bertz CT molecular complexity index is 929. The van der Waals surface area contributed by atoms with Gasteiger partial charge in [-0.05, 0) is 72.8 Å². The summed E-state index contributed by atoms with van der Waals surface area (Å²) >= 11 is 0. The Balaban J connectivity index is 1.67. The molecular weight excluding hydrogens is 344 g/mol. The Kier molecular flexibility index (Phi) is 5.89. The molecule has 2 N–H and O–H groups in total. The number of nitrogens with zero attached hydrogens (tertiary/aromatic N) is 2. The van der Waals surface area contributed by atoms with E-state index in [1.165, 1.54) is 59.1 Å². The lowest BCUT2D eigenvalue weighted by Crippen LogP contribution is -2.38. The molecule has 0 saturated carbocycles. The van der Waals surface area contributed by atoms with Crippen LogP contribution in [0.4, 0.5) is 5.69 Å². The fraction of sp³-hybridized carbons (Fsp3) is 0.375. The molecule has 4 heteroatoms. The number of aromatic nitrogens is 1. The van der Waals surface area contributed by atoms with Crippen molar-refractivity contribution >= 4 is 16.5 Å². The molecule has 0 unspecified atom stereocenters. The van der Waals surface area contributed by atoms with Crippen LogP contribution in [0.1, 0.15) is 25.3 Å². The quantitative estimate of drug-likeness (QED) is 0.666. The van der Waals surface area contributed by atoms with Crippen molar-refractivity contribution in [3.8, 4) is 11.1 Å².